The molecule has 0 heterocycles. The zero-order chi connectivity index (χ0) is 35.0. The van der Waals surface area contributed by atoms with Crippen LogP contribution in [0.25, 0.3) is 0 Å². The summed E-state index contributed by atoms with van der Waals surface area (Å²) in [7, 11) is 0. The molecule has 4 heteroatoms. The normalized spacial score (nSPS) is 12.2. The van der Waals surface area contributed by atoms with Crippen LogP contribution in [0.1, 0.15) is 251 Å². The van der Waals surface area contributed by atoms with Crippen molar-refractivity contribution in [1.29, 1.82) is 0 Å². The van der Waals surface area contributed by atoms with Crippen molar-refractivity contribution >= 4 is 11.9 Å². The molecular weight excluding hydrogens is 592 g/mol. The summed E-state index contributed by atoms with van der Waals surface area (Å²) < 4.78 is 5.90. The summed E-state index contributed by atoms with van der Waals surface area (Å²) in [5, 5.41) is 8.67. The molecule has 0 saturated carbocycles. The Bertz CT molecular complexity index is 687. The first-order valence-corrected chi connectivity index (χ1v) is 21.7. The summed E-state index contributed by atoms with van der Waals surface area (Å²) >= 11 is 0. The number of ether oxygens (including phenoxy) is 1. The topological polar surface area (TPSA) is 63.6 Å². The third-order valence-electron chi connectivity index (χ3n) is 9.97. The van der Waals surface area contributed by atoms with Crippen LogP contribution in [0.3, 0.4) is 0 Å². The third kappa shape index (κ3) is 39.1. The number of carbonyl (C=O) groups excluding carboxylic acids is 1. The summed E-state index contributed by atoms with van der Waals surface area (Å²) in [4.78, 5) is 23.0. The second kappa shape index (κ2) is 40.1. The summed E-state index contributed by atoms with van der Waals surface area (Å²) in [6.07, 6.45) is 50.3. The van der Waals surface area contributed by atoms with Crippen molar-refractivity contribution in [3.8, 4) is 0 Å². The molecule has 0 aromatic carbocycles. The first-order valence-electron chi connectivity index (χ1n) is 21.7. The van der Waals surface area contributed by atoms with Crippen LogP contribution in [-0.2, 0) is 14.3 Å². The molecule has 1 unspecified atom stereocenters. The zero-order valence-corrected chi connectivity index (χ0v) is 32.6. The van der Waals surface area contributed by atoms with Gasteiger partial charge in [0.15, 0.2) is 0 Å². The van der Waals surface area contributed by atoms with Gasteiger partial charge in [0.1, 0.15) is 6.10 Å². The number of unbranched alkanes of at least 4 members (excludes halogenated alkanes) is 29. The van der Waals surface area contributed by atoms with Crippen molar-refractivity contribution in [2.45, 2.75) is 258 Å². The first kappa shape index (κ1) is 46.7. The lowest BCUT2D eigenvalue weighted by atomic mass is 10.0. The minimum atomic E-state index is -0.663. The molecule has 0 rings (SSSR count). The number of allylic oxidation sites excluding steroid dienone is 2. The largest absolute Gasteiger partial charge is 0.481 e. The van der Waals surface area contributed by atoms with Crippen LogP contribution in [0.4, 0.5) is 0 Å². The van der Waals surface area contributed by atoms with Gasteiger partial charge in [-0.15, -0.1) is 0 Å². The highest BCUT2D eigenvalue weighted by Crippen LogP contribution is 2.18. The van der Waals surface area contributed by atoms with Crippen LogP contribution in [0.5, 0.6) is 0 Å². The Labute approximate surface area is 300 Å². The average Bonchev–Trinajstić information content (AvgIpc) is 3.07. The predicted octanol–water partition coefficient (Wildman–Crippen LogP) is 15.0. The summed E-state index contributed by atoms with van der Waals surface area (Å²) in [5.74, 6) is -0.631. The molecule has 0 aliphatic heterocycles. The Morgan fingerprint density at radius 3 is 1.19 bits per heavy atom. The van der Waals surface area contributed by atoms with Gasteiger partial charge in [-0.2, -0.15) is 0 Å². The second-order valence-corrected chi connectivity index (χ2v) is 14.9. The van der Waals surface area contributed by atoms with Gasteiger partial charge in [-0.25, -0.2) is 0 Å². The lowest BCUT2D eigenvalue weighted by Crippen LogP contribution is -2.18. The van der Waals surface area contributed by atoms with E-state index in [0.717, 1.165) is 44.9 Å². The molecule has 1 N–H and O–H groups in total. The Morgan fingerprint density at radius 2 is 0.792 bits per heavy atom. The number of carboxylic acids is 1. The maximum absolute atomic E-state index is 12.5. The number of rotatable bonds is 40. The number of aliphatic carboxylic acids is 1. The highest BCUT2D eigenvalue weighted by Gasteiger charge is 2.13. The molecule has 0 fully saturated rings. The van der Waals surface area contributed by atoms with E-state index >= 15 is 0 Å². The smallest absolute Gasteiger partial charge is 0.306 e. The molecule has 0 amide bonds. The van der Waals surface area contributed by atoms with Gasteiger partial charge in [0.2, 0.25) is 0 Å². The van der Waals surface area contributed by atoms with E-state index in [9.17, 15) is 9.59 Å². The first-order chi connectivity index (χ1) is 23.6. The van der Waals surface area contributed by atoms with E-state index in [4.69, 9.17) is 9.84 Å². The van der Waals surface area contributed by atoms with E-state index in [2.05, 4.69) is 26.0 Å². The van der Waals surface area contributed by atoms with Crippen LogP contribution >= 0.6 is 0 Å². The molecule has 0 bridgehead atoms. The van der Waals surface area contributed by atoms with Crippen LogP contribution in [0.15, 0.2) is 12.2 Å². The van der Waals surface area contributed by atoms with Crippen molar-refractivity contribution in [2.24, 2.45) is 0 Å². The Morgan fingerprint density at radius 1 is 0.438 bits per heavy atom. The van der Waals surface area contributed by atoms with E-state index in [1.807, 2.05) is 0 Å². The van der Waals surface area contributed by atoms with Gasteiger partial charge in [0, 0.05) is 12.8 Å². The Kier molecular flexibility index (Phi) is 39.0. The molecule has 284 valence electrons. The maximum atomic E-state index is 12.5. The molecule has 0 radical (unpaired) electrons. The quantitative estimate of drug-likeness (QED) is 0.0398. The summed E-state index contributed by atoms with van der Waals surface area (Å²) in [6.45, 7) is 4.48. The maximum Gasteiger partial charge on any atom is 0.306 e. The van der Waals surface area contributed by atoms with Crippen molar-refractivity contribution in [3.63, 3.8) is 0 Å². The highest BCUT2D eigenvalue weighted by atomic mass is 16.5. The molecule has 4 nitrogen and oxygen atoms in total. The third-order valence-corrected chi connectivity index (χ3v) is 9.97. The minimum absolute atomic E-state index is 0.0326. The average molecular weight is 677 g/mol. The molecule has 1 atom stereocenters. The summed E-state index contributed by atoms with van der Waals surface area (Å²) in [5.41, 5.74) is 0. The Balaban J connectivity index is 3.49. The fourth-order valence-corrected chi connectivity index (χ4v) is 6.82. The van der Waals surface area contributed by atoms with Gasteiger partial charge in [0.25, 0.3) is 0 Å². The second-order valence-electron chi connectivity index (χ2n) is 14.9. The molecule has 48 heavy (non-hydrogen) atoms. The van der Waals surface area contributed by atoms with Gasteiger partial charge >= 0.3 is 11.9 Å². The van der Waals surface area contributed by atoms with E-state index in [1.165, 1.54) is 180 Å². The SMILES string of the molecule is CCCCCCCC/C=C\CCCCCCCCCCCC(=O)OC(CCC)CCCCCCCCCCCCCCCCCC(=O)O. The number of carboxylic acid groups (broad SMARTS) is 1. The number of carbonyl (C=O) groups is 2. The fourth-order valence-electron chi connectivity index (χ4n) is 6.82. The van der Waals surface area contributed by atoms with E-state index < -0.39 is 5.97 Å². The number of esters is 1. The van der Waals surface area contributed by atoms with Gasteiger partial charge in [-0.05, 0) is 57.8 Å². The summed E-state index contributed by atoms with van der Waals surface area (Å²) in [6, 6.07) is 0. The van der Waals surface area contributed by atoms with Crippen molar-refractivity contribution in [1.82, 2.24) is 0 Å². The van der Waals surface area contributed by atoms with Crippen LogP contribution in [0, 0.1) is 0 Å². The molecule has 0 aromatic heterocycles. The van der Waals surface area contributed by atoms with Gasteiger partial charge in [0.05, 0.1) is 0 Å². The van der Waals surface area contributed by atoms with Crippen molar-refractivity contribution in [2.75, 3.05) is 0 Å². The minimum Gasteiger partial charge on any atom is -0.481 e. The molecular formula is C44H84O4. The van der Waals surface area contributed by atoms with Gasteiger partial charge in [-0.1, -0.05) is 193 Å². The molecule has 0 saturated heterocycles. The lowest BCUT2D eigenvalue weighted by Gasteiger charge is -2.17. The van der Waals surface area contributed by atoms with Crippen LogP contribution < -0.4 is 0 Å². The predicted molar refractivity (Wildman–Crippen MR) is 209 cm³/mol. The molecule has 0 spiro atoms. The fraction of sp³-hybridized carbons (Fsp3) is 0.909. The molecule has 0 aromatic rings. The number of hydrogen-bond acceptors (Lipinski definition) is 3. The van der Waals surface area contributed by atoms with Gasteiger partial charge in [-0.3, -0.25) is 9.59 Å². The Hall–Kier alpha value is -1.32. The van der Waals surface area contributed by atoms with Crippen LogP contribution in [-0.4, -0.2) is 23.1 Å². The van der Waals surface area contributed by atoms with Gasteiger partial charge < -0.3 is 9.84 Å². The zero-order valence-electron chi connectivity index (χ0n) is 32.6. The van der Waals surface area contributed by atoms with Crippen LogP contribution in [0.2, 0.25) is 0 Å². The number of hydrogen-bond donors (Lipinski definition) is 1. The van der Waals surface area contributed by atoms with E-state index in [0.29, 0.717) is 12.8 Å². The molecule has 0 aliphatic rings. The highest BCUT2D eigenvalue weighted by molar-refractivity contribution is 5.69. The van der Waals surface area contributed by atoms with E-state index in [1.54, 1.807) is 0 Å². The van der Waals surface area contributed by atoms with E-state index in [-0.39, 0.29) is 12.1 Å². The monoisotopic (exact) mass is 677 g/mol. The van der Waals surface area contributed by atoms with Crippen molar-refractivity contribution in [3.05, 3.63) is 12.2 Å². The lowest BCUT2D eigenvalue weighted by molar-refractivity contribution is -0.150. The standard InChI is InChI=1S/C44H84O4/c1-3-5-6-7-8-9-10-11-12-13-14-15-19-22-25-28-31-34-37-41-44(47)48-42(38-4-2)39-35-32-29-26-23-20-17-16-18-21-24-27-30-33-36-40-43(45)46/h11-12,42H,3-10,13-41H2,1-2H3,(H,45,46)/b12-11-. The van der Waals surface area contributed by atoms with Crippen molar-refractivity contribution < 1.29 is 19.4 Å². The molecule has 0 aliphatic carbocycles.